The largest absolute Gasteiger partial charge is 0.397 e. The van der Waals surface area contributed by atoms with Crippen molar-refractivity contribution in [2.45, 2.75) is 5.75 Å². The van der Waals surface area contributed by atoms with Crippen LogP contribution < -0.4 is 5.73 Å². The van der Waals surface area contributed by atoms with Crippen molar-refractivity contribution in [3.63, 3.8) is 0 Å². The summed E-state index contributed by atoms with van der Waals surface area (Å²) in [5, 5.41) is 0. The lowest BCUT2D eigenvalue weighted by Gasteiger charge is -2.08. The molecule has 1 nitrogen and oxygen atoms in total. The third-order valence-electron chi connectivity index (χ3n) is 1.60. The fourth-order valence-corrected chi connectivity index (χ4v) is 1.96. The van der Waals surface area contributed by atoms with E-state index in [9.17, 15) is 8.78 Å². The van der Waals surface area contributed by atoms with E-state index < -0.39 is 11.6 Å². The van der Waals surface area contributed by atoms with Crippen molar-refractivity contribution in [3.05, 3.63) is 27.7 Å². The van der Waals surface area contributed by atoms with Crippen LogP contribution in [-0.2, 0) is 5.75 Å². The van der Waals surface area contributed by atoms with Crippen LogP contribution in [0.4, 0.5) is 14.5 Å². The molecule has 72 valence electrons. The zero-order valence-corrected chi connectivity index (χ0v) is 9.31. The van der Waals surface area contributed by atoms with Gasteiger partial charge >= 0.3 is 0 Å². The lowest BCUT2D eigenvalue weighted by atomic mass is 10.2. The first-order chi connectivity index (χ1) is 6.07. The summed E-state index contributed by atoms with van der Waals surface area (Å²) >= 11 is 4.45. The van der Waals surface area contributed by atoms with Crippen molar-refractivity contribution < 1.29 is 8.78 Å². The molecule has 5 heteroatoms. The molecule has 1 aromatic carbocycles. The molecule has 0 saturated heterocycles. The summed E-state index contributed by atoms with van der Waals surface area (Å²) in [7, 11) is 0. The third kappa shape index (κ3) is 2.14. The van der Waals surface area contributed by atoms with Crippen LogP contribution in [0.5, 0.6) is 0 Å². The second kappa shape index (κ2) is 4.28. The molecule has 13 heavy (non-hydrogen) atoms. The van der Waals surface area contributed by atoms with Crippen LogP contribution in [0.1, 0.15) is 5.56 Å². The van der Waals surface area contributed by atoms with E-state index in [1.54, 1.807) is 6.26 Å². The number of rotatable bonds is 2. The van der Waals surface area contributed by atoms with E-state index >= 15 is 0 Å². The van der Waals surface area contributed by atoms with Gasteiger partial charge in [0.05, 0.1) is 5.69 Å². The molecule has 1 rings (SSSR count). The number of hydrogen-bond acceptors (Lipinski definition) is 2. The molecule has 0 heterocycles. The molecular weight excluding hydrogens is 260 g/mol. The van der Waals surface area contributed by atoms with E-state index in [1.807, 2.05) is 0 Å². The van der Waals surface area contributed by atoms with Crippen LogP contribution in [-0.4, -0.2) is 6.26 Å². The second-order valence-electron chi connectivity index (χ2n) is 2.48. The van der Waals surface area contributed by atoms with E-state index in [-0.39, 0.29) is 11.3 Å². The average Bonchev–Trinajstić information content (AvgIpc) is 2.09. The van der Waals surface area contributed by atoms with Gasteiger partial charge in [-0.15, -0.1) is 0 Å². The number of nitrogen functional groups attached to an aromatic ring is 1. The maximum absolute atomic E-state index is 13.1. The lowest BCUT2D eigenvalue weighted by molar-refractivity contribution is 0.502. The molecule has 0 atom stereocenters. The summed E-state index contributed by atoms with van der Waals surface area (Å²) in [5.41, 5.74) is 6.06. The normalized spacial score (nSPS) is 10.5. The van der Waals surface area contributed by atoms with Crippen molar-refractivity contribution in [3.8, 4) is 0 Å². The molecule has 1 aromatic rings. The highest BCUT2D eigenvalue weighted by Crippen LogP contribution is 2.30. The Balaban J connectivity index is 3.28. The minimum absolute atomic E-state index is 0.222. The van der Waals surface area contributed by atoms with E-state index in [2.05, 4.69) is 15.9 Å². The Hall–Kier alpha value is -0.290. The average molecular weight is 268 g/mol. The molecule has 0 amide bonds. The van der Waals surface area contributed by atoms with E-state index in [0.29, 0.717) is 10.2 Å². The number of thioether (sulfide) groups is 1. The van der Waals surface area contributed by atoms with Crippen LogP contribution in [0.2, 0.25) is 0 Å². The van der Waals surface area contributed by atoms with Gasteiger partial charge in [-0.3, -0.25) is 0 Å². The summed E-state index contributed by atoms with van der Waals surface area (Å²) < 4.78 is 26.4. The Kier molecular flexibility index (Phi) is 3.55. The van der Waals surface area contributed by atoms with Crippen LogP contribution in [0.15, 0.2) is 10.5 Å². The van der Waals surface area contributed by atoms with Crippen LogP contribution >= 0.6 is 27.7 Å². The topological polar surface area (TPSA) is 26.0 Å². The molecule has 0 aliphatic carbocycles. The van der Waals surface area contributed by atoms with Gasteiger partial charge < -0.3 is 5.73 Å². The molecule has 0 spiro atoms. The molecule has 0 aromatic heterocycles. The van der Waals surface area contributed by atoms with Crippen LogP contribution in [0.25, 0.3) is 0 Å². The predicted molar refractivity (Wildman–Crippen MR) is 55.7 cm³/mol. The second-order valence-corrected chi connectivity index (χ2v) is 4.20. The minimum Gasteiger partial charge on any atom is -0.397 e. The zero-order chi connectivity index (χ0) is 10.0. The summed E-state index contributed by atoms with van der Waals surface area (Å²) in [6, 6.07) is 1.04. The maximum Gasteiger partial charge on any atom is 0.164 e. The van der Waals surface area contributed by atoms with Gasteiger partial charge in [0.15, 0.2) is 11.6 Å². The first-order valence-corrected chi connectivity index (χ1v) is 5.67. The van der Waals surface area contributed by atoms with Crippen LogP contribution in [0.3, 0.4) is 0 Å². The standard InChI is InChI=1S/C8H8BrF2NS/c1-13-3-4-7(11)6(10)2-5(9)8(4)12/h2H,3,12H2,1H3. The highest BCUT2D eigenvalue weighted by Gasteiger charge is 2.14. The van der Waals surface area contributed by atoms with Gasteiger partial charge in [0.1, 0.15) is 0 Å². The molecule has 0 aliphatic rings. The van der Waals surface area contributed by atoms with Gasteiger partial charge in [-0.05, 0) is 28.3 Å². The van der Waals surface area contributed by atoms with Crippen molar-refractivity contribution in [1.29, 1.82) is 0 Å². The Labute approximate surface area is 87.8 Å². The Morgan fingerprint density at radius 1 is 1.54 bits per heavy atom. The third-order valence-corrected chi connectivity index (χ3v) is 2.83. The monoisotopic (exact) mass is 267 g/mol. The van der Waals surface area contributed by atoms with Gasteiger partial charge in [0.2, 0.25) is 0 Å². The van der Waals surface area contributed by atoms with Gasteiger partial charge in [0, 0.05) is 15.8 Å². The van der Waals surface area contributed by atoms with E-state index in [0.717, 1.165) is 6.07 Å². The SMILES string of the molecule is CSCc1c(N)c(Br)cc(F)c1F. The van der Waals surface area contributed by atoms with Gasteiger partial charge in [-0.1, -0.05) is 0 Å². The Morgan fingerprint density at radius 2 is 2.15 bits per heavy atom. The fourth-order valence-electron chi connectivity index (χ4n) is 0.944. The number of nitrogens with two attached hydrogens (primary N) is 1. The van der Waals surface area contributed by atoms with Gasteiger partial charge in [-0.2, -0.15) is 11.8 Å². The molecule has 0 bridgehead atoms. The quantitative estimate of drug-likeness (QED) is 0.658. The fraction of sp³-hybridized carbons (Fsp3) is 0.250. The van der Waals surface area contributed by atoms with Gasteiger partial charge in [0.25, 0.3) is 0 Å². The maximum atomic E-state index is 13.1. The van der Waals surface area contributed by atoms with Crippen molar-refractivity contribution in [1.82, 2.24) is 0 Å². The van der Waals surface area contributed by atoms with Crippen molar-refractivity contribution in [2.24, 2.45) is 0 Å². The number of hydrogen-bond donors (Lipinski definition) is 1. The summed E-state index contributed by atoms with van der Waals surface area (Å²) in [6.07, 6.45) is 1.80. The Morgan fingerprint density at radius 3 is 2.69 bits per heavy atom. The smallest absolute Gasteiger partial charge is 0.164 e. The van der Waals surface area contributed by atoms with Crippen molar-refractivity contribution in [2.75, 3.05) is 12.0 Å². The first kappa shape index (κ1) is 10.8. The molecule has 0 radical (unpaired) electrons. The summed E-state index contributed by atoms with van der Waals surface area (Å²) in [6.45, 7) is 0. The highest BCUT2D eigenvalue weighted by atomic mass is 79.9. The minimum atomic E-state index is -0.870. The predicted octanol–water partition coefficient (Wildman–Crippen LogP) is 3.17. The molecule has 0 saturated carbocycles. The van der Waals surface area contributed by atoms with Crippen LogP contribution in [0, 0.1) is 11.6 Å². The first-order valence-electron chi connectivity index (χ1n) is 3.48. The Bertz CT molecular complexity index is 304. The molecule has 0 fully saturated rings. The van der Waals surface area contributed by atoms with Crippen molar-refractivity contribution >= 4 is 33.4 Å². The van der Waals surface area contributed by atoms with E-state index in [4.69, 9.17) is 5.73 Å². The van der Waals surface area contributed by atoms with Gasteiger partial charge in [-0.25, -0.2) is 8.78 Å². The lowest BCUT2D eigenvalue weighted by Crippen LogP contribution is -2.00. The summed E-state index contributed by atoms with van der Waals surface area (Å²) in [4.78, 5) is 0. The molecule has 0 aliphatic heterocycles. The number of benzene rings is 1. The summed E-state index contributed by atoms with van der Waals surface area (Å²) in [5.74, 6) is -1.35. The molecular formula is C8H8BrF2NS. The number of halogens is 3. The number of anilines is 1. The molecule has 2 N–H and O–H groups in total. The molecule has 0 unspecified atom stereocenters. The van der Waals surface area contributed by atoms with E-state index in [1.165, 1.54) is 11.8 Å². The highest BCUT2D eigenvalue weighted by molar-refractivity contribution is 9.10. The zero-order valence-electron chi connectivity index (χ0n) is 6.90.